The predicted molar refractivity (Wildman–Crippen MR) is 60.4 cm³/mol. The molecule has 1 N–H and O–H groups in total. The molecule has 0 aliphatic heterocycles. The van der Waals surface area contributed by atoms with Gasteiger partial charge in [-0.05, 0) is 31.6 Å². The van der Waals surface area contributed by atoms with Gasteiger partial charge in [-0.3, -0.25) is 4.79 Å². The molecular formula is C13H20O2. The highest BCUT2D eigenvalue weighted by Crippen LogP contribution is 2.32. The molecule has 0 amide bonds. The van der Waals surface area contributed by atoms with Crippen molar-refractivity contribution in [1.29, 1.82) is 0 Å². The largest absolute Gasteiger partial charge is 0.481 e. The van der Waals surface area contributed by atoms with Crippen molar-refractivity contribution in [3.8, 4) is 12.3 Å². The van der Waals surface area contributed by atoms with E-state index in [1.54, 1.807) is 0 Å². The second kappa shape index (κ2) is 6.50. The molecule has 2 nitrogen and oxygen atoms in total. The molecule has 1 aliphatic rings. The lowest BCUT2D eigenvalue weighted by Crippen LogP contribution is -2.22. The first kappa shape index (κ1) is 12.1. The molecule has 0 aromatic carbocycles. The fourth-order valence-corrected chi connectivity index (χ4v) is 2.52. The van der Waals surface area contributed by atoms with Gasteiger partial charge in [0.2, 0.25) is 0 Å². The Morgan fingerprint density at radius 1 is 1.33 bits per heavy atom. The van der Waals surface area contributed by atoms with Gasteiger partial charge in [0.15, 0.2) is 0 Å². The number of hydrogen-bond donors (Lipinski definition) is 1. The normalized spacial score (nSPS) is 26.6. The maximum absolute atomic E-state index is 11.1. The van der Waals surface area contributed by atoms with Crippen LogP contribution in [0.5, 0.6) is 0 Å². The Bertz CT molecular complexity index is 239. The Kier molecular flexibility index (Phi) is 5.25. The Hall–Kier alpha value is -0.970. The van der Waals surface area contributed by atoms with Crippen LogP contribution in [0.3, 0.4) is 0 Å². The number of rotatable bonds is 4. The van der Waals surface area contributed by atoms with Crippen LogP contribution in [-0.2, 0) is 4.79 Å². The Morgan fingerprint density at radius 3 is 2.73 bits per heavy atom. The zero-order valence-electron chi connectivity index (χ0n) is 9.24. The van der Waals surface area contributed by atoms with Crippen molar-refractivity contribution in [2.45, 2.75) is 51.4 Å². The van der Waals surface area contributed by atoms with Crippen molar-refractivity contribution >= 4 is 5.97 Å². The topological polar surface area (TPSA) is 37.3 Å². The molecular weight excluding hydrogens is 188 g/mol. The van der Waals surface area contributed by atoms with E-state index in [1.165, 1.54) is 12.8 Å². The molecule has 2 heteroatoms. The highest BCUT2D eigenvalue weighted by Gasteiger charge is 2.28. The van der Waals surface area contributed by atoms with Gasteiger partial charge in [0.1, 0.15) is 0 Å². The molecule has 1 aliphatic carbocycles. The van der Waals surface area contributed by atoms with E-state index in [0.29, 0.717) is 5.92 Å². The van der Waals surface area contributed by atoms with Gasteiger partial charge in [0.05, 0.1) is 5.92 Å². The maximum atomic E-state index is 11.1. The summed E-state index contributed by atoms with van der Waals surface area (Å²) < 4.78 is 0. The first-order chi connectivity index (χ1) is 7.25. The SMILES string of the molecule is C#CCCCC1CCCCCC1C(=O)O. The van der Waals surface area contributed by atoms with E-state index in [4.69, 9.17) is 11.5 Å². The van der Waals surface area contributed by atoms with Crippen LogP contribution in [0.15, 0.2) is 0 Å². The molecule has 0 saturated heterocycles. The number of unbranched alkanes of at least 4 members (excludes halogenated alkanes) is 1. The van der Waals surface area contributed by atoms with Gasteiger partial charge in [-0.1, -0.05) is 19.3 Å². The highest BCUT2D eigenvalue weighted by molar-refractivity contribution is 5.70. The molecule has 2 atom stereocenters. The number of aliphatic carboxylic acids is 1. The molecule has 0 spiro atoms. The third-order valence-corrected chi connectivity index (χ3v) is 3.37. The lowest BCUT2D eigenvalue weighted by Gasteiger charge is -2.20. The smallest absolute Gasteiger partial charge is 0.306 e. The molecule has 0 aromatic heterocycles. The van der Waals surface area contributed by atoms with Crippen LogP contribution >= 0.6 is 0 Å². The first-order valence-corrected chi connectivity index (χ1v) is 5.92. The van der Waals surface area contributed by atoms with E-state index in [0.717, 1.165) is 38.5 Å². The van der Waals surface area contributed by atoms with Gasteiger partial charge in [-0.2, -0.15) is 0 Å². The minimum Gasteiger partial charge on any atom is -0.481 e. The van der Waals surface area contributed by atoms with Crippen LogP contribution in [0.2, 0.25) is 0 Å². The van der Waals surface area contributed by atoms with Gasteiger partial charge in [0.25, 0.3) is 0 Å². The molecule has 15 heavy (non-hydrogen) atoms. The third kappa shape index (κ3) is 3.95. The summed E-state index contributed by atoms with van der Waals surface area (Å²) in [4.78, 5) is 11.1. The fraction of sp³-hybridized carbons (Fsp3) is 0.769. The second-order valence-corrected chi connectivity index (χ2v) is 4.44. The minimum atomic E-state index is -0.609. The Labute approximate surface area is 92.1 Å². The third-order valence-electron chi connectivity index (χ3n) is 3.37. The molecule has 1 rings (SSSR count). The number of terminal acetylenes is 1. The lowest BCUT2D eigenvalue weighted by molar-refractivity contribution is -0.144. The van der Waals surface area contributed by atoms with E-state index in [-0.39, 0.29) is 5.92 Å². The maximum Gasteiger partial charge on any atom is 0.306 e. The van der Waals surface area contributed by atoms with Crippen molar-refractivity contribution < 1.29 is 9.90 Å². The molecule has 0 bridgehead atoms. The van der Waals surface area contributed by atoms with Crippen LogP contribution in [0, 0.1) is 24.2 Å². The molecule has 0 aromatic rings. The van der Waals surface area contributed by atoms with Crippen molar-refractivity contribution in [2.75, 3.05) is 0 Å². The fourth-order valence-electron chi connectivity index (χ4n) is 2.52. The summed E-state index contributed by atoms with van der Waals surface area (Å²) in [5.41, 5.74) is 0. The summed E-state index contributed by atoms with van der Waals surface area (Å²) in [5.74, 6) is 2.25. The van der Waals surface area contributed by atoms with Crippen molar-refractivity contribution in [1.82, 2.24) is 0 Å². The van der Waals surface area contributed by atoms with E-state index in [2.05, 4.69) is 5.92 Å². The van der Waals surface area contributed by atoms with E-state index in [1.807, 2.05) is 0 Å². The standard InChI is InChI=1S/C13H20O2/c1-2-3-5-8-11-9-6-4-7-10-12(11)13(14)15/h1,11-12H,3-10H2,(H,14,15). The van der Waals surface area contributed by atoms with E-state index < -0.39 is 5.97 Å². The molecule has 84 valence electrons. The van der Waals surface area contributed by atoms with Crippen LogP contribution in [0.25, 0.3) is 0 Å². The van der Waals surface area contributed by atoms with Crippen molar-refractivity contribution in [2.24, 2.45) is 11.8 Å². The predicted octanol–water partition coefficient (Wildman–Crippen LogP) is 3.07. The Balaban J connectivity index is 2.47. The molecule has 1 saturated carbocycles. The van der Waals surface area contributed by atoms with Gasteiger partial charge in [-0.15, -0.1) is 12.3 Å². The first-order valence-electron chi connectivity index (χ1n) is 5.92. The minimum absolute atomic E-state index is 0.120. The number of carboxylic acid groups (broad SMARTS) is 1. The van der Waals surface area contributed by atoms with Gasteiger partial charge in [0, 0.05) is 6.42 Å². The molecule has 1 fully saturated rings. The number of hydrogen-bond acceptors (Lipinski definition) is 1. The second-order valence-electron chi connectivity index (χ2n) is 4.44. The quantitative estimate of drug-likeness (QED) is 0.438. The summed E-state index contributed by atoms with van der Waals surface area (Å²) in [6.07, 6.45) is 13.3. The van der Waals surface area contributed by atoms with Crippen molar-refractivity contribution in [3.63, 3.8) is 0 Å². The lowest BCUT2D eigenvalue weighted by atomic mass is 9.84. The van der Waals surface area contributed by atoms with Gasteiger partial charge < -0.3 is 5.11 Å². The Morgan fingerprint density at radius 2 is 2.07 bits per heavy atom. The molecule has 0 radical (unpaired) electrons. The summed E-state index contributed by atoms with van der Waals surface area (Å²) in [6.45, 7) is 0. The average molecular weight is 208 g/mol. The van der Waals surface area contributed by atoms with Crippen LogP contribution in [0.1, 0.15) is 51.4 Å². The molecule has 2 unspecified atom stereocenters. The zero-order valence-corrected chi connectivity index (χ0v) is 9.24. The van der Waals surface area contributed by atoms with Crippen LogP contribution in [0.4, 0.5) is 0 Å². The summed E-state index contributed by atoms with van der Waals surface area (Å²) >= 11 is 0. The monoisotopic (exact) mass is 208 g/mol. The van der Waals surface area contributed by atoms with Gasteiger partial charge in [-0.25, -0.2) is 0 Å². The summed E-state index contributed by atoms with van der Waals surface area (Å²) in [5, 5.41) is 9.15. The molecule has 0 heterocycles. The summed E-state index contributed by atoms with van der Waals surface area (Å²) in [7, 11) is 0. The van der Waals surface area contributed by atoms with Crippen LogP contribution < -0.4 is 0 Å². The van der Waals surface area contributed by atoms with E-state index >= 15 is 0 Å². The number of carboxylic acids is 1. The summed E-state index contributed by atoms with van der Waals surface area (Å²) in [6, 6.07) is 0. The zero-order chi connectivity index (χ0) is 11.1. The highest BCUT2D eigenvalue weighted by atomic mass is 16.4. The average Bonchev–Trinajstić information content (AvgIpc) is 2.43. The van der Waals surface area contributed by atoms with Gasteiger partial charge >= 0.3 is 5.97 Å². The number of carbonyl (C=O) groups is 1. The van der Waals surface area contributed by atoms with Crippen molar-refractivity contribution in [3.05, 3.63) is 0 Å². The van der Waals surface area contributed by atoms with E-state index in [9.17, 15) is 4.79 Å². The van der Waals surface area contributed by atoms with Crippen LogP contribution in [-0.4, -0.2) is 11.1 Å².